The first-order valence-corrected chi connectivity index (χ1v) is 10.0. The maximum absolute atomic E-state index is 12.8. The molecule has 3 heteroatoms. The zero-order valence-electron chi connectivity index (χ0n) is 16.6. The highest BCUT2D eigenvalue weighted by atomic mass is 16.3. The van der Waals surface area contributed by atoms with Crippen LogP contribution in [-0.4, -0.2) is 11.0 Å². The van der Waals surface area contributed by atoms with Crippen molar-refractivity contribution < 1.29 is 9.90 Å². The van der Waals surface area contributed by atoms with E-state index in [1.807, 2.05) is 30.3 Å². The van der Waals surface area contributed by atoms with Crippen molar-refractivity contribution in [3.8, 4) is 11.1 Å². The van der Waals surface area contributed by atoms with Gasteiger partial charge in [0.1, 0.15) is 0 Å². The molecule has 0 aromatic heterocycles. The molecule has 1 amide bonds. The van der Waals surface area contributed by atoms with Crippen LogP contribution < -0.4 is 5.32 Å². The fourth-order valence-electron chi connectivity index (χ4n) is 3.70. The lowest BCUT2D eigenvalue weighted by Gasteiger charge is -2.09. The molecule has 0 heterocycles. The van der Waals surface area contributed by atoms with E-state index in [1.54, 1.807) is 0 Å². The maximum Gasteiger partial charge on any atom is 0.251 e. The van der Waals surface area contributed by atoms with Gasteiger partial charge in [-0.15, -0.1) is 0 Å². The molecular formula is C26H25NO2. The molecule has 3 aromatic rings. The van der Waals surface area contributed by atoms with Crippen LogP contribution in [0.3, 0.4) is 0 Å². The summed E-state index contributed by atoms with van der Waals surface area (Å²) in [6, 6.07) is 22.4. The lowest BCUT2D eigenvalue weighted by Crippen LogP contribution is -2.14. The van der Waals surface area contributed by atoms with Crippen molar-refractivity contribution in [2.45, 2.75) is 32.8 Å². The number of nitrogens with one attached hydrogen (secondary N) is 1. The molecule has 0 radical (unpaired) electrons. The number of rotatable bonds is 4. The Morgan fingerprint density at radius 3 is 2.38 bits per heavy atom. The van der Waals surface area contributed by atoms with Gasteiger partial charge in [-0.25, -0.2) is 0 Å². The minimum absolute atomic E-state index is 0.000516. The average Bonchev–Trinajstić information content (AvgIpc) is 2.97. The van der Waals surface area contributed by atoms with Gasteiger partial charge < -0.3 is 10.4 Å². The van der Waals surface area contributed by atoms with Gasteiger partial charge in [-0.1, -0.05) is 54.1 Å². The number of fused-ring (bicyclic) bond motifs is 1. The predicted octanol–water partition coefficient (Wildman–Crippen LogP) is 5.51. The monoisotopic (exact) mass is 383 g/mol. The summed E-state index contributed by atoms with van der Waals surface area (Å²) in [4.78, 5) is 12.8. The highest BCUT2D eigenvalue weighted by molar-refractivity contribution is 6.07. The van der Waals surface area contributed by atoms with E-state index in [1.165, 1.54) is 22.3 Å². The van der Waals surface area contributed by atoms with Crippen molar-refractivity contribution in [3.05, 3.63) is 94.6 Å². The van der Waals surface area contributed by atoms with Gasteiger partial charge in [0.2, 0.25) is 0 Å². The fourth-order valence-corrected chi connectivity index (χ4v) is 3.70. The van der Waals surface area contributed by atoms with E-state index in [9.17, 15) is 4.79 Å². The molecule has 2 N–H and O–H groups in total. The third kappa shape index (κ3) is 4.47. The second-order valence-corrected chi connectivity index (χ2v) is 7.61. The topological polar surface area (TPSA) is 49.3 Å². The molecule has 4 rings (SSSR count). The first-order chi connectivity index (χ1) is 14.1. The number of benzene rings is 3. The molecule has 29 heavy (non-hydrogen) atoms. The molecule has 146 valence electrons. The van der Waals surface area contributed by atoms with Crippen LogP contribution in [0.1, 0.15) is 35.1 Å². The molecule has 1 aliphatic rings. The first-order valence-electron chi connectivity index (χ1n) is 10.0. The minimum atomic E-state index is -0.0599. The van der Waals surface area contributed by atoms with E-state index in [2.05, 4.69) is 54.7 Å². The number of carbonyl (C=O) groups excluding carboxylic acids is 1. The fraction of sp³-hybridized carbons (Fsp3) is 0.192. The Morgan fingerprint density at radius 2 is 1.66 bits per heavy atom. The first kappa shape index (κ1) is 19.2. The molecule has 0 atom stereocenters. The number of hydrogen-bond donors (Lipinski definition) is 2. The molecule has 0 aliphatic heterocycles. The van der Waals surface area contributed by atoms with Gasteiger partial charge in [0.25, 0.3) is 5.91 Å². The van der Waals surface area contributed by atoms with Crippen LogP contribution in [0.5, 0.6) is 0 Å². The van der Waals surface area contributed by atoms with Crippen molar-refractivity contribution in [2.24, 2.45) is 0 Å². The largest absolute Gasteiger partial charge is 0.392 e. The SMILES string of the molecule is Cc1ccc(-c2ccc3c(c2)C=C(C(=O)Nc2ccc(CO)cc2)CCC3)cc1. The summed E-state index contributed by atoms with van der Waals surface area (Å²) < 4.78 is 0. The van der Waals surface area contributed by atoms with Crippen molar-refractivity contribution in [1.29, 1.82) is 0 Å². The van der Waals surface area contributed by atoms with E-state index in [0.717, 1.165) is 41.6 Å². The van der Waals surface area contributed by atoms with Gasteiger partial charge in [0, 0.05) is 11.3 Å². The normalized spacial score (nSPS) is 13.2. The smallest absolute Gasteiger partial charge is 0.251 e. The Balaban J connectivity index is 1.60. The van der Waals surface area contributed by atoms with Crippen LogP contribution in [0.4, 0.5) is 5.69 Å². The number of anilines is 1. The highest BCUT2D eigenvalue weighted by Gasteiger charge is 2.15. The van der Waals surface area contributed by atoms with Crippen molar-refractivity contribution in [3.63, 3.8) is 0 Å². The molecule has 0 saturated carbocycles. The summed E-state index contributed by atoms with van der Waals surface area (Å²) in [5, 5.41) is 12.1. The van der Waals surface area contributed by atoms with E-state index in [-0.39, 0.29) is 12.5 Å². The second kappa shape index (κ2) is 8.46. The predicted molar refractivity (Wildman–Crippen MR) is 119 cm³/mol. The quantitative estimate of drug-likeness (QED) is 0.624. The van der Waals surface area contributed by atoms with Gasteiger partial charge >= 0.3 is 0 Å². The Hall–Kier alpha value is -3.17. The van der Waals surface area contributed by atoms with Crippen LogP contribution in [0, 0.1) is 6.92 Å². The summed E-state index contributed by atoms with van der Waals surface area (Å²) >= 11 is 0. The maximum atomic E-state index is 12.8. The highest BCUT2D eigenvalue weighted by Crippen LogP contribution is 2.29. The summed E-state index contributed by atoms with van der Waals surface area (Å²) in [6.45, 7) is 2.09. The van der Waals surface area contributed by atoms with E-state index in [0.29, 0.717) is 0 Å². The molecule has 1 aliphatic carbocycles. The molecule has 0 fully saturated rings. The van der Waals surface area contributed by atoms with Crippen molar-refractivity contribution in [2.75, 3.05) is 5.32 Å². The van der Waals surface area contributed by atoms with E-state index < -0.39 is 0 Å². The van der Waals surface area contributed by atoms with Crippen molar-refractivity contribution >= 4 is 17.7 Å². The molecular weight excluding hydrogens is 358 g/mol. The zero-order chi connectivity index (χ0) is 20.2. The Bertz CT molecular complexity index is 1050. The Kier molecular flexibility index (Phi) is 5.59. The molecule has 3 aromatic carbocycles. The zero-order valence-corrected chi connectivity index (χ0v) is 16.6. The standard InChI is InChI=1S/C26H25NO2/c1-18-5-9-21(10-6-18)22-12-11-20-3-2-4-23(16-24(20)15-22)26(29)27-25-13-7-19(17-28)8-14-25/h5-16,28H,2-4,17H2,1H3,(H,27,29). The van der Waals surface area contributed by atoms with Gasteiger partial charge in [0.05, 0.1) is 6.61 Å². The van der Waals surface area contributed by atoms with Crippen LogP contribution in [-0.2, 0) is 17.8 Å². The van der Waals surface area contributed by atoms with Crippen LogP contribution >= 0.6 is 0 Å². The molecule has 0 unspecified atom stereocenters. The molecule has 0 bridgehead atoms. The van der Waals surface area contributed by atoms with E-state index in [4.69, 9.17) is 5.11 Å². The second-order valence-electron chi connectivity index (χ2n) is 7.61. The molecule has 0 spiro atoms. The van der Waals surface area contributed by atoms with Gasteiger partial charge in [-0.3, -0.25) is 4.79 Å². The van der Waals surface area contributed by atoms with Gasteiger partial charge in [-0.05, 0) is 78.3 Å². The van der Waals surface area contributed by atoms with Crippen LogP contribution in [0.15, 0.2) is 72.3 Å². The number of hydrogen-bond acceptors (Lipinski definition) is 2. The summed E-state index contributed by atoms with van der Waals surface area (Å²) in [5.74, 6) is -0.0599. The Morgan fingerprint density at radius 1 is 0.931 bits per heavy atom. The molecule has 0 saturated heterocycles. The summed E-state index contributed by atoms with van der Waals surface area (Å²) in [7, 11) is 0. The third-order valence-electron chi connectivity index (χ3n) is 5.44. The lowest BCUT2D eigenvalue weighted by atomic mass is 9.97. The number of carbonyl (C=O) groups is 1. The average molecular weight is 383 g/mol. The minimum Gasteiger partial charge on any atom is -0.392 e. The van der Waals surface area contributed by atoms with Crippen molar-refractivity contribution in [1.82, 2.24) is 0 Å². The van der Waals surface area contributed by atoms with Gasteiger partial charge in [-0.2, -0.15) is 0 Å². The van der Waals surface area contributed by atoms with Crippen LogP contribution in [0.2, 0.25) is 0 Å². The summed E-state index contributed by atoms with van der Waals surface area (Å²) in [6.07, 6.45) is 4.73. The Labute approximate surface area is 171 Å². The van der Waals surface area contributed by atoms with Crippen LogP contribution in [0.25, 0.3) is 17.2 Å². The number of aryl methyl sites for hydroxylation is 2. The summed E-state index contributed by atoms with van der Waals surface area (Å²) in [5.41, 5.74) is 8.38. The number of amides is 1. The third-order valence-corrected chi connectivity index (χ3v) is 5.44. The lowest BCUT2D eigenvalue weighted by molar-refractivity contribution is -0.112. The van der Waals surface area contributed by atoms with E-state index >= 15 is 0 Å². The van der Waals surface area contributed by atoms with Gasteiger partial charge in [0.15, 0.2) is 0 Å². The number of aliphatic hydroxyl groups is 1. The number of aliphatic hydroxyl groups excluding tert-OH is 1. The molecule has 3 nitrogen and oxygen atoms in total.